The minimum Gasteiger partial charge on any atom is -0.469 e. The first-order valence-corrected chi connectivity index (χ1v) is 6.00. The highest BCUT2D eigenvalue weighted by Crippen LogP contribution is 2.07. The molecule has 0 aromatic carbocycles. The zero-order valence-corrected chi connectivity index (χ0v) is 10.6. The molecule has 0 saturated carbocycles. The Bertz CT molecular complexity index is 349. The van der Waals surface area contributed by atoms with Crippen molar-refractivity contribution in [3.63, 3.8) is 0 Å². The number of nitrogens with two attached hydrogens (primary N) is 1. The number of nitrogens with zero attached hydrogens (tertiary/aromatic N) is 2. The summed E-state index contributed by atoms with van der Waals surface area (Å²) in [6.45, 7) is 3.02. The van der Waals surface area contributed by atoms with Gasteiger partial charge in [0.25, 0.3) is 0 Å². The van der Waals surface area contributed by atoms with Crippen LogP contribution in [0, 0.1) is 0 Å². The number of hydrogen-bond acceptors (Lipinski definition) is 4. The summed E-state index contributed by atoms with van der Waals surface area (Å²) >= 11 is 0. The van der Waals surface area contributed by atoms with E-state index in [1.807, 2.05) is 10.7 Å². The molecule has 1 heterocycles. The fourth-order valence-electron chi connectivity index (χ4n) is 1.72. The molecule has 5 heteroatoms. The van der Waals surface area contributed by atoms with Crippen molar-refractivity contribution in [2.45, 2.75) is 45.2 Å². The summed E-state index contributed by atoms with van der Waals surface area (Å²) in [7, 11) is 1.39. The molecule has 2 N–H and O–H groups in total. The molecule has 0 aliphatic heterocycles. The van der Waals surface area contributed by atoms with Crippen LogP contribution < -0.4 is 5.73 Å². The normalized spacial score (nSPS) is 12.4. The summed E-state index contributed by atoms with van der Waals surface area (Å²) < 4.78 is 6.56. The van der Waals surface area contributed by atoms with Gasteiger partial charge in [-0.1, -0.05) is 6.92 Å². The molecule has 0 radical (unpaired) electrons. The molecule has 0 aliphatic carbocycles. The third kappa shape index (κ3) is 4.56. The molecule has 1 atom stereocenters. The number of ether oxygens (including phenoxy) is 1. The first kappa shape index (κ1) is 13.7. The highest BCUT2D eigenvalue weighted by Gasteiger charge is 2.10. The summed E-state index contributed by atoms with van der Waals surface area (Å²) in [4.78, 5) is 11.0. The van der Waals surface area contributed by atoms with Crippen molar-refractivity contribution in [1.82, 2.24) is 9.78 Å². The number of methoxy groups -OCH3 is 1. The van der Waals surface area contributed by atoms with Crippen LogP contribution in [0.25, 0.3) is 0 Å². The second-order valence-electron chi connectivity index (χ2n) is 4.12. The highest BCUT2D eigenvalue weighted by molar-refractivity contribution is 5.69. The van der Waals surface area contributed by atoms with Crippen molar-refractivity contribution in [1.29, 1.82) is 0 Å². The molecule has 0 aliphatic rings. The van der Waals surface area contributed by atoms with E-state index in [1.165, 1.54) is 7.11 Å². The first-order chi connectivity index (χ1) is 8.17. The molecule has 0 amide bonds. The van der Waals surface area contributed by atoms with Gasteiger partial charge in [-0.3, -0.25) is 9.48 Å². The van der Waals surface area contributed by atoms with Gasteiger partial charge in [0.1, 0.15) is 0 Å². The van der Waals surface area contributed by atoms with Crippen LogP contribution in [-0.2, 0) is 22.5 Å². The van der Waals surface area contributed by atoms with Crippen molar-refractivity contribution in [2.75, 3.05) is 7.11 Å². The SMILES string of the molecule is CCCn1nccc1CC(N)CCC(=O)OC. The quantitative estimate of drug-likeness (QED) is 0.724. The Balaban J connectivity index is 2.41. The summed E-state index contributed by atoms with van der Waals surface area (Å²) in [5.74, 6) is -0.206. The van der Waals surface area contributed by atoms with Gasteiger partial charge < -0.3 is 10.5 Å². The maximum absolute atomic E-state index is 11.0. The van der Waals surface area contributed by atoms with Crippen molar-refractivity contribution in [3.8, 4) is 0 Å². The minimum atomic E-state index is -0.206. The van der Waals surface area contributed by atoms with E-state index in [1.54, 1.807) is 6.20 Å². The first-order valence-electron chi connectivity index (χ1n) is 6.00. The Morgan fingerprint density at radius 2 is 2.41 bits per heavy atom. The maximum Gasteiger partial charge on any atom is 0.305 e. The Hall–Kier alpha value is -1.36. The van der Waals surface area contributed by atoms with Gasteiger partial charge in [0.2, 0.25) is 0 Å². The van der Waals surface area contributed by atoms with E-state index in [-0.39, 0.29) is 12.0 Å². The molecule has 5 nitrogen and oxygen atoms in total. The van der Waals surface area contributed by atoms with Gasteiger partial charge in [-0.25, -0.2) is 0 Å². The molecule has 0 fully saturated rings. The number of aromatic nitrogens is 2. The lowest BCUT2D eigenvalue weighted by atomic mass is 10.1. The van der Waals surface area contributed by atoms with Crippen LogP contribution in [0.1, 0.15) is 31.9 Å². The minimum absolute atomic E-state index is 0.0265. The molecule has 1 aromatic rings. The fraction of sp³-hybridized carbons (Fsp3) is 0.667. The van der Waals surface area contributed by atoms with Gasteiger partial charge in [0.05, 0.1) is 7.11 Å². The Kier molecular flexibility index (Phi) is 5.69. The summed E-state index contributed by atoms with van der Waals surface area (Å²) in [6.07, 6.45) is 4.60. The zero-order chi connectivity index (χ0) is 12.7. The molecule has 0 saturated heterocycles. The van der Waals surface area contributed by atoms with E-state index in [0.29, 0.717) is 12.8 Å². The largest absolute Gasteiger partial charge is 0.469 e. The molecule has 0 bridgehead atoms. The third-order valence-electron chi connectivity index (χ3n) is 2.66. The van der Waals surface area contributed by atoms with Crippen molar-refractivity contribution < 1.29 is 9.53 Å². The van der Waals surface area contributed by atoms with Gasteiger partial charge in [0.15, 0.2) is 0 Å². The summed E-state index contributed by atoms with van der Waals surface area (Å²) in [5, 5.41) is 4.24. The third-order valence-corrected chi connectivity index (χ3v) is 2.66. The average Bonchev–Trinajstić information content (AvgIpc) is 2.74. The van der Waals surface area contributed by atoms with Gasteiger partial charge >= 0.3 is 5.97 Å². The Labute approximate surface area is 102 Å². The van der Waals surface area contributed by atoms with Gasteiger partial charge in [-0.15, -0.1) is 0 Å². The van der Waals surface area contributed by atoms with E-state index in [4.69, 9.17) is 5.73 Å². The van der Waals surface area contributed by atoms with Crippen LogP contribution in [-0.4, -0.2) is 28.9 Å². The van der Waals surface area contributed by atoms with E-state index >= 15 is 0 Å². The molecule has 1 rings (SSSR count). The van der Waals surface area contributed by atoms with Crippen LogP contribution in [0.4, 0.5) is 0 Å². The number of rotatable bonds is 7. The molecule has 1 aromatic heterocycles. The van der Waals surface area contributed by atoms with E-state index in [9.17, 15) is 4.79 Å². The highest BCUT2D eigenvalue weighted by atomic mass is 16.5. The fourth-order valence-corrected chi connectivity index (χ4v) is 1.72. The number of aryl methyl sites for hydroxylation is 1. The van der Waals surface area contributed by atoms with Crippen LogP contribution in [0.5, 0.6) is 0 Å². The summed E-state index contributed by atoms with van der Waals surface area (Å²) in [6, 6.07) is 1.95. The molecule has 17 heavy (non-hydrogen) atoms. The predicted octanol–water partition coefficient (Wildman–Crippen LogP) is 1.12. The second kappa shape index (κ2) is 7.06. The Morgan fingerprint density at radius 1 is 1.65 bits per heavy atom. The second-order valence-corrected chi connectivity index (χ2v) is 4.12. The number of carbonyl (C=O) groups excluding carboxylic acids is 1. The van der Waals surface area contributed by atoms with Crippen LogP contribution >= 0.6 is 0 Å². The molecule has 96 valence electrons. The van der Waals surface area contributed by atoms with Crippen molar-refractivity contribution in [3.05, 3.63) is 18.0 Å². The van der Waals surface area contributed by atoms with Crippen LogP contribution in [0.15, 0.2) is 12.3 Å². The average molecular weight is 239 g/mol. The molecular formula is C12H21N3O2. The van der Waals surface area contributed by atoms with Gasteiger partial charge in [-0.05, 0) is 18.9 Å². The van der Waals surface area contributed by atoms with E-state index in [2.05, 4.69) is 16.8 Å². The standard InChI is InChI=1S/C12H21N3O2/c1-3-8-15-11(6-7-14-15)9-10(13)4-5-12(16)17-2/h6-7,10H,3-5,8-9,13H2,1-2H3. The predicted molar refractivity (Wildman–Crippen MR) is 65.4 cm³/mol. The summed E-state index contributed by atoms with van der Waals surface area (Å²) in [5.41, 5.74) is 7.11. The number of hydrogen-bond donors (Lipinski definition) is 1. The van der Waals surface area contributed by atoms with Crippen LogP contribution in [0.3, 0.4) is 0 Å². The monoisotopic (exact) mass is 239 g/mol. The zero-order valence-electron chi connectivity index (χ0n) is 10.6. The van der Waals surface area contributed by atoms with E-state index < -0.39 is 0 Å². The number of esters is 1. The molecule has 0 spiro atoms. The Morgan fingerprint density at radius 3 is 3.06 bits per heavy atom. The lowest BCUT2D eigenvalue weighted by molar-refractivity contribution is -0.140. The maximum atomic E-state index is 11.0. The smallest absolute Gasteiger partial charge is 0.305 e. The number of carbonyl (C=O) groups is 1. The van der Waals surface area contributed by atoms with Crippen molar-refractivity contribution >= 4 is 5.97 Å². The molecular weight excluding hydrogens is 218 g/mol. The van der Waals surface area contributed by atoms with Gasteiger partial charge in [-0.2, -0.15) is 5.10 Å². The van der Waals surface area contributed by atoms with Crippen molar-refractivity contribution in [2.24, 2.45) is 5.73 Å². The molecule has 1 unspecified atom stereocenters. The topological polar surface area (TPSA) is 70.1 Å². The van der Waals surface area contributed by atoms with Crippen LogP contribution in [0.2, 0.25) is 0 Å². The lowest BCUT2D eigenvalue weighted by Crippen LogP contribution is -2.25. The van der Waals surface area contributed by atoms with E-state index in [0.717, 1.165) is 25.1 Å². The van der Waals surface area contributed by atoms with Gasteiger partial charge in [0, 0.05) is 37.3 Å². The lowest BCUT2D eigenvalue weighted by Gasteiger charge is -2.12.